The van der Waals surface area contributed by atoms with Crippen molar-refractivity contribution in [2.75, 3.05) is 5.75 Å². The summed E-state index contributed by atoms with van der Waals surface area (Å²) in [7, 11) is -3.13. The lowest BCUT2D eigenvalue weighted by Gasteiger charge is -2.17. The molecule has 0 atom stereocenters. The average Bonchev–Trinajstić information content (AvgIpc) is 2.66. The van der Waals surface area contributed by atoms with Gasteiger partial charge in [0.25, 0.3) is 0 Å². The van der Waals surface area contributed by atoms with E-state index >= 15 is 0 Å². The van der Waals surface area contributed by atoms with Crippen LogP contribution in [0.4, 0.5) is 0 Å². The molecule has 0 unspecified atom stereocenters. The Morgan fingerprint density at radius 1 is 1.44 bits per heavy atom. The molecule has 0 spiro atoms. The summed E-state index contributed by atoms with van der Waals surface area (Å²) in [4.78, 5) is 0. The van der Waals surface area contributed by atoms with Gasteiger partial charge in [-0.2, -0.15) is 9.40 Å². The van der Waals surface area contributed by atoms with E-state index in [9.17, 15) is 8.42 Å². The van der Waals surface area contributed by atoms with Gasteiger partial charge in [0.2, 0.25) is 10.0 Å². The molecule has 0 saturated carbocycles. The standard InChI is InChI=1S/C10H17N3O2S/c1-7(2)6-16(14,15)13-4-9-8(3)11-12-10(9)5-13/h7H,4-6H2,1-3H3,(H,11,12). The maximum absolute atomic E-state index is 12.0. The molecule has 1 aromatic rings. The van der Waals surface area contributed by atoms with Crippen molar-refractivity contribution in [1.29, 1.82) is 0 Å². The number of H-pyrrole nitrogens is 1. The Bertz CT molecular complexity index is 490. The fraction of sp³-hybridized carbons (Fsp3) is 0.700. The molecule has 0 aliphatic carbocycles. The first-order chi connectivity index (χ1) is 7.40. The number of nitrogens with one attached hydrogen (secondary N) is 1. The Morgan fingerprint density at radius 2 is 2.12 bits per heavy atom. The van der Waals surface area contributed by atoms with Crippen LogP contribution in [0.5, 0.6) is 0 Å². The quantitative estimate of drug-likeness (QED) is 0.862. The van der Waals surface area contributed by atoms with E-state index in [0.29, 0.717) is 13.1 Å². The lowest BCUT2D eigenvalue weighted by molar-refractivity contribution is 0.421. The van der Waals surface area contributed by atoms with E-state index in [4.69, 9.17) is 0 Å². The number of aryl methyl sites for hydroxylation is 1. The van der Waals surface area contributed by atoms with E-state index in [0.717, 1.165) is 17.0 Å². The molecule has 0 fully saturated rings. The molecule has 2 rings (SSSR count). The van der Waals surface area contributed by atoms with Gasteiger partial charge in [0.15, 0.2) is 0 Å². The number of sulfonamides is 1. The monoisotopic (exact) mass is 243 g/mol. The second-order valence-corrected chi connectivity index (χ2v) is 6.73. The molecular weight excluding hydrogens is 226 g/mol. The zero-order valence-electron chi connectivity index (χ0n) is 9.82. The predicted molar refractivity (Wildman–Crippen MR) is 61.2 cm³/mol. The Kier molecular flexibility index (Phi) is 2.79. The summed E-state index contributed by atoms with van der Waals surface area (Å²) >= 11 is 0. The van der Waals surface area contributed by atoms with E-state index in [1.54, 1.807) is 0 Å². The molecule has 1 aliphatic rings. The molecule has 0 aromatic carbocycles. The minimum atomic E-state index is -3.13. The van der Waals surface area contributed by atoms with Gasteiger partial charge in [-0.05, 0) is 12.8 Å². The average molecular weight is 243 g/mol. The van der Waals surface area contributed by atoms with Crippen LogP contribution in [-0.2, 0) is 23.1 Å². The van der Waals surface area contributed by atoms with Crippen LogP contribution in [0.3, 0.4) is 0 Å². The molecule has 2 heterocycles. The van der Waals surface area contributed by atoms with Gasteiger partial charge in [-0.25, -0.2) is 8.42 Å². The van der Waals surface area contributed by atoms with Gasteiger partial charge in [0, 0.05) is 17.8 Å². The number of aromatic nitrogens is 2. The molecule has 1 N–H and O–H groups in total. The van der Waals surface area contributed by atoms with E-state index in [2.05, 4.69) is 10.2 Å². The summed E-state index contributed by atoms with van der Waals surface area (Å²) in [6.07, 6.45) is 0. The lowest BCUT2D eigenvalue weighted by Crippen LogP contribution is -2.30. The van der Waals surface area contributed by atoms with E-state index in [1.165, 1.54) is 4.31 Å². The molecule has 5 nitrogen and oxygen atoms in total. The highest BCUT2D eigenvalue weighted by Gasteiger charge is 2.32. The first-order valence-corrected chi connectivity index (χ1v) is 7.01. The van der Waals surface area contributed by atoms with E-state index < -0.39 is 10.0 Å². The highest BCUT2D eigenvalue weighted by atomic mass is 32.2. The number of hydrogen-bond acceptors (Lipinski definition) is 3. The molecular formula is C10H17N3O2S. The van der Waals surface area contributed by atoms with Gasteiger partial charge in [0.05, 0.1) is 18.0 Å². The van der Waals surface area contributed by atoms with Crippen LogP contribution in [0.2, 0.25) is 0 Å². The zero-order valence-corrected chi connectivity index (χ0v) is 10.6. The summed E-state index contributed by atoms with van der Waals surface area (Å²) < 4.78 is 25.5. The van der Waals surface area contributed by atoms with E-state index in [1.807, 2.05) is 20.8 Å². The van der Waals surface area contributed by atoms with Crippen molar-refractivity contribution < 1.29 is 8.42 Å². The number of aromatic amines is 1. The normalized spacial score (nSPS) is 17.0. The highest BCUT2D eigenvalue weighted by molar-refractivity contribution is 7.89. The van der Waals surface area contributed by atoms with Crippen molar-refractivity contribution >= 4 is 10.0 Å². The fourth-order valence-corrected chi connectivity index (χ4v) is 3.66. The molecule has 0 radical (unpaired) electrons. The van der Waals surface area contributed by atoms with Crippen molar-refractivity contribution in [1.82, 2.24) is 14.5 Å². The Hall–Kier alpha value is -0.880. The van der Waals surface area contributed by atoms with Gasteiger partial charge in [-0.1, -0.05) is 13.8 Å². The largest absolute Gasteiger partial charge is 0.282 e. The number of fused-ring (bicyclic) bond motifs is 1. The van der Waals surface area contributed by atoms with Crippen LogP contribution >= 0.6 is 0 Å². The minimum absolute atomic E-state index is 0.153. The first-order valence-electron chi connectivity index (χ1n) is 5.40. The molecule has 16 heavy (non-hydrogen) atoms. The number of rotatable bonds is 3. The highest BCUT2D eigenvalue weighted by Crippen LogP contribution is 2.26. The van der Waals surface area contributed by atoms with E-state index in [-0.39, 0.29) is 11.7 Å². The van der Waals surface area contributed by atoms with Crippen molar-refractivity contribution in [3.8, 4) is 0 Å². The van der Waals surface area contributed by atoms with Crippen LogP contribution in [0.25, 0.3) is 0 Å². The Labute approximate surface area is 95.9 Å². The van der Waals surface area contributed by atoms with Crippen molar-refractivity contribution in [3.05, 3.63) is 17.0 Å². The summed E-state index contributed by atoms with van der Waals surface area (Å²) in [5.74, 6) is 0.362. The van der Waals surface area contributed by atoms with Gasteiger partial charge in [0.1, 0.15) is 0 Å². The minimum Gasteiger partial charge on any atom is -0.282 e. The van der Waals surface area contributed by atoms with Gasteiger partial charge in [-0.15, -0.1) is 0 Å². The van der Waals surface area contributed by atoms with Crippen molar-refractivity contribution in [3.63, 3.8) is 0 Å². The van der Waals surface area contributed by atoms with Crippen molar-refractivity contribution in [2.45, 2.75) is 33.9 Å². The summed E-state index contributed by atoms with van der Waals surface area (Å²) in [6.45, 7) is 6.63. The molecule has 0 amide bonds. The molecule has 90 valence electrons. The maximum atomic E-state index is 12.0. The molecule has 1 aromatic heterocycles. The third-order valence-corrected chi connectivity index (χ3v) is 4.89. The van der Waals surface area contributed by atoms with Crippen molar-refractivity contribution in [2.24, 2.45) is 5.92 Å². The molecule has 0 saturated heterocycles. The Morgan fingerprint density at radius 3 is 2.69 bits per heavy atom. The molecule has 1 aliphatic heterocycles. The van der Waals surface area contributed by atoms with Gasteiger partial charge >= 0.3 is 0 Å². The first kappa shape index (κ1) is 11.6. The third-order valence-electron chi connectivity index (χ3n) is 2.76. The Balaban J connectivity index is 2.17. The van der Waals surface area contributed by atoms with Gasteiger partial charge in [-0.3, -0.25) is 5.10 Å². The molecule has 6 heteroatoms. The third kappa shape index (κ3) is 1.99. The summed E-state index contributed by atoms with van der Waals surface area (Å²) in [6, 6.07) is 0. The second kappa shape index (κ2) is 3.85. The number of hydrogen-bond donors (Lipinski definition) is 1. The number of nitrogens with zero attached hydrogens (tertiary/aromatic N) is 2. The molecule has 0 bridgehead atoms. The van der Waals surface area contributed by atoms with Crippen LogP contribution in [0.15, 0.2) is 0 Å². The summed E-state index contributed by atoms with van der Waals surface area (Å²) in [5.41, 5.74) is 2.87. The van der Waals surface area contributed by atoms with Gasteiger partial charge < -0.3 is 0 Å². The van der Waals surface area contributed by atoms with Crippen LogP contribution in [0.1, 0.15) is 30.8 Å². The van der Waals surface area contributed by atoms with Crippen LogP contribution < -0.4 is 0 Å². The topological polar surface area (TPSA) is 66.1 Å². The van der Waals surface area contributed by atoms with Crippen LogP contribution in [-0.4, -0.2) is 28.7 Å². The maximum Gasteiger partial charge on any atom is 0.215 e. The zero-order chi connectivity index (χ0) is 11.9. The summed E-state index contributed by atoms with van der Waals surface area (Å²) in [5, 5.41) is 6.99. The predicted octanol–water partition coefficient (Wildman–Crippen LogP) is 1.02. The fourth-order valence-electron chi connectivity index (χ4n) is 1.97. The second-order valence-electron chi connectivity index (χ2n) is 4.71. The SMILES string of the molecule is Cc1[nH]nc2c1CN(S(=O)(=O)CC(C)C)C2. The lowest BCUT2D eigenvalue weighted by atomic mass is 10.2. The van der Waals surface area contributed by atoms with Crippen LogP contribution in [0, 0.1) is 12.8 Å². The smallest absolute Gasteiger partial charge is 0.215 e.